The number of hydrogen-bond donors (Lipinski definition) is 1. The monoisotopic (exact) mass is 811 g/mol. The third kappa shape index (κ3) is 11.1. The number of fused-ring (bicyclic) bond motifs is 2. The average Bonchev–Trinajstić information content (AvgIpc) is 3.52. The lowest BCUT2D eigenvalue weighted by atomic mass is 9.85. The van der Waals surface area contributed by atoms with Gasteiger partial charge in [0, 0.05) is 42.8 Å². The molecule has 2 aliphatic rings. The zero-order valence-corrected chi connectivity index (χ0v) is 34.9. The van der Waals surface area contributed by atoms with Crippen molar-refractivity contribution in [2.75, 3.05) is 30.9 Å². The van der Waals surface area contributed by atoms with Crippen LogP contribution in [-0.4, -0.2) is 70.2 Å². The van der Waals surface area contributed by atoms with Crippen molar-refractivity contribution in [2.45, 2.75) is 85.5 Å². The summed E-state index contributed by atoms with van der Waals surface area (Å²) in [6.45, 7) is 11.0. The predicted octanol–water partition coefficient (Wildman–Crippen LogP) is 7.95. The number of anilines is 1. The Bertz CT molecular complexity index is 2040. The van der Waals surface area contributed by atoms with Crippen molar-refractivity contribution in [3.8, 4) is 11.6 Å². The Hall–Kier alpha value is -4.56. The van der Waals surface area contributed by atoms with Gasteiger partial charge in [0.25, 0.3) is 11.8 Å². The average molecular weight is 812 g/mol. The first kappa shape index (κ1) is 42.6. The molecule has 56 heavy (non-hydrogen) atoms. The van der Waals surface area contributed by atoms with Crippen molar-refractivity contribution in [3.05, 3.63) is 82.0 Å². The molecular formula is C41H54ClN5O8S. The van der Waals surface area contributed by atoms with Gasteiger partial charge in [-0.2, -0.15) is 0 Å². The quantitative estimate of drug-likeness (QED) is 0.192. The Kier molecular flexibility index (Phi) is 14.5. The maximum atomic E-state index is 14.7. The zero-order chi connectivity index (χ0) is 40.6. The van der Waals surface area contributed by atoms with Crippen molar-refractivity contribution in [1.82, 2.24) is 14.5 Å². The van der Waals surface area contributed by atoms with E-state index >= 15 is 0 Å². The molecule has 0 unspecified atom stereocenters. The van der Waals surface area contributed by atoms with Gasteiger partial charge >= 0.3 is 6.16 Å². The Morgan fingerprint density at radius 2 is 1.91 bits per heavy atom. The molecule has 3 aromatic rings. The molecule has 0 fully saturated rings. The number of methoxy groups -OCH3 is 1. The number of halogens is 1. The Morgan fingerprint density at radius 1 is 1.12 bits per heavy atom. The van der Waals surface area contributed by atoms with Crippen molar-refractivity contribution >= 4 is 45.2 Å². The van der Waals surface area contributed by atoms with E-state index in [2.05, 4.69) is 32.9 Å². The van der Waals surface area contributed by atoms with Crippen molar-refractivity contribution in [3.63, 3.8) is 0 Å². The third-order valence-electron chi connectivity index (χ3n) is 10.1. The number of rotatable bonds is 6. The maximum Gasteiger partial charge on any atom is 0.509 e. The summed E-state index contributed by atoms with van der Waals surface area (Å²) < 4.78 is 46.0. The number of carbonyl (C=O) groups is 3. The number of carbonyl (C=O) groups excluding carboxylic acids is 3. The molecule has 2 aliphatic heterocycles. The van der Waals surface area contributed by atoms with E-state index in [1.165, 1.54) is 18.0 Å². The summed E-state index contributed by atoms with van der Waals surface area (Å²) in [6.07, 6.45) is 7.04. The van der Waals surface area contributed by atoms with Gasteiger partial charge in [0.05, 0.1) is 31.3 Å². The Morgan fingerprint density at radius 3 is 2.64 bits per heavy atom. The number of aryl methyl sites for hydroxylation is 2. The standard InChI is InChI=1S/C41H54ClN5O8S/c1-8-29-22-47-23-32-15-17-33(42)20-30(32)13-9-10-19-53-37-18-16-31(21-35(37)47)38(48)44-56(51,45-39(49)34-24-46(6)43-40(34)52-7)25-27(4)12-11-14-36(28(29)5)55-41(50)54-26(2)3/h11,14-18,20-21,24,26-29,36H,8-10,12-13,19,22-23,25H2,1-7H3,(H,44,45,48,49,51)/b14-11+/t27-,28+,29-,36-,56-/m0/s1. The highest BCUT2D eigenvalue weighted by molar-refractivity contribution is 7.92. The van der Waals surface area contributed by atoms with Crippen LogP contribution in [0.15, 0.2) is 59.1 Å². The van der Waals surface area contributed by atoms with Gasteiger partial charge in [0.15, 0.2) is 0 Å². The van der Waals surface area contributed by atoms with E-state index in [0.717, 1.165) is 36.8 Å². The first-order chi connectivity index (χ1) is 26.7. The Balaban J connectivity index is 1.66. The van der Waals surface area contributed by atoms with Gasteiger partial charge in [-0.05, 0) is 98.9 Å². The summed E-state index contributed by atoms with van der Waals surface area (Å²) in [4.78, 5) is 42.9. The van der Waals surface area contributed by atoms with E-state index in [0.29, 0.717) is 42.6 Å². The fourth-order valence-corrected chi connectivity index (χ4v) is 9.17. The van der Waals surface area contributed by atoms with E-state index < -0.39 is 34.0 Å². The van der Waals surface area contributed by atoms with Gasteiger partial charge < -0.3 is 23.8 Å². The minimum atomic E-state index is -3.72. The highest BCUT2D eigenvalue weighted by Gasteiger charge is 2.31. The lowest BCUT2D eigenvalue weighted by molar-refractivity contribution is -0.00152. The van der Waals surface area contributed by atoms with Crippen LogP contribution in [0.5, 0.6) is 11.6 Å². The molecule has 5 atom stereocenters. The smallest absolute Gasteiger partial charge is 0.491 e. The molecule has 1 N–H and O–H groups in total. The number of nitrogens with zero attached hydrogens (tertiary/aromatic N) is 4. The lowest BCUT2D eigenvalue weighted by Gasteiger charge is -2.35. The van der Waals surface area contributed by atoms with Gasteiger partial charge in [-0.25, -0.2) is 9.00 Å². The molecule has 13 nitrogen and oxygen atoms in total. The van der Waals surface area contributed by atoms with Crippen LogP contribution in [0, 0.1) is 17.8 Å². The summed E-state index contributed by atoms with van der Waals surface area (Å²) in [5, 5.41) is 4.80. The zero-order valence-electron chi connectivity index (χ0n) is 33.3. The molecule has 15 heteroatoms. The third-order valence-corrected chi connectivity index (χ3v) is 12.3. The van der Waals surface area contributed by atoms with Gasteiger partial charge in [-0.15, -0.1) is 9.46 Å². The van der Waals surface area contributed by atoms with E-state index in [4.69, 9.17) is 30.5 Å². The number of hydrogen-bond acceptors (Lipinski definition) is 10. The minimum absolute atomic E-state index is 0.00183. The van der Waals surface area contributed by atoms with Gasteiger partial charge in [-0.1, -0.05) is 50.9 Å². The Labute approximate surface area is 335 Å². The van der Waals surface area contributed by atoms with E-state index in [9.17, 15) is 18.6 Å². The van der Waals surface area contributed by atoms with Gasteiger partial charge in [0.1, 0.15) is 27.3 Å². The molecule has 2 bridgehead atoms. The van der Waals surface area contributed by atoms with Crippen molar-refractivity contribution in [2.24, 2.45) is 29.2 Å². The summed E-state index contributed by atoms with van der Waals surface area (Å²) in [6, 6.07) is 11.0. The van der Waals surface area contributed by atoms with Gasteiger partial charge in [-0.3, -0.25) is 19.0 Å². The van der Waals surface area contributed by atoms with Crippen LogP contribution in [0.2, 0.25) is 5.02 Å². The summed E-state index contributed by atoms with van der Waals surface area (Å²) in [5.41, 5.74) is 3.10. The molecule has 0 saturated carbocycles. The van der Waals surface area contributed by atoms with Crippen LogP contribution < -0.4 is 19.1 Å². The maximum absolute atomic E-state index is 14.7. The molecule has 3 heterocycles. The summed E-state index contributed by atoms with van der Waals surface area (Å²) in [5.74, 6) is -1.52. The molecule has 2 aromatic carbocycles. The molecular weight excluding hydrogens is 758 g/mol. The van der Waals surface area contributed by atoms with Crippen LogP contribution >= 0.6 is 11.6 Å². The number of nitrogens with one attached hydrogen (secondary N) is 1. The molecule has 304 valence electrons. The van der Waals surface area contributed by atoms with Crippen LogP contribution in [0.25, 0.3) is 0 Å². The first-order valence-electron chi connectivity index (χ1n) is 19.2. The molecule has 1 aromatic heterocycles. The highest BCUT2D eigenvalue weighted by atomic mass is 35.5. The lowest BCUT2D eigenvalue weighted by Crippen LogP contribution is -2.37. The number of amides is 2. The van der Waals surface area contributed by atoms with Crippen LogP contribution in [0.3, 0.4) is 0 Å². The van der Waals surface area contributed by atoms with Crippen LogP contribution in [0.4, 0.5) is 10.5 Å². The van der Waals surface area contributed by atoms with E-state index in [-0.39, 0.29) is 46.6 Å². The fraction of sp³-hybridized carbons (Fsp3) is 0.512. The molecule has 0 radical (unpaired) electrons. The van der Waals surface area contributed by atoms with Crippen LogP contribution in [0.1, 0.15) is 92.1 Å². The largest absolute Gasteiger partial charge is 0.509 e. The number of allylic oxidation sites excluding steroid dienone is 1. The summed E-state index contributed by atoms with van der Waals surface area (Å²) in [7, 11) is -0.711. The normalized spacial score (nSPS) is 24.1. The van der Waals surface area contributed by atoms with Crippen molar-refractivity contribution in [1.29, 1.82) is 0 Å². The number of ether oxygens (including phenoxy) is 4. The molecule has 5 rings (SSSR count). The second-order valence-corrected chi connectivity index (χ2v) is 17.4. The topological polar surface area (TPSA) is 151 Å². The minimum Gasteiger partial charge on any atom is -0.491 e. The van der Waals surface area contributed by atoms with E-state index in [1.807, 2.05) is 37.3 Å². The van der Waals surface area contributed by atoms with Gasteiger partial charge in [0.2, 0.25) is 5.88 Å². The number of aromatic nitrogens is 2. The van der Waals surface area contributed by atoms with Crippen molar-refractivity contribution < 1.29 is 37.5 Å². The van der Waals surface area contributed by atoms with E-state index in [1.54, 1.807) is 39.1 Å². The number of benzene rings is 2. The second kappa shape index (κ2) is 19.1. The molecule has 0 spiro atoms. The second-order valence-electron chi connectivity index (χ2n) is 14.9. The predicted molar refractivity (Wildman–Crippen MR) is 217 cm³/mol. The molecule has 0 aliphatic carbocycles. The highest BCUT2D eigenvalue weighted by Crippen LogP contribution is 2.36. The fourth-order valence-electron chi connectivity index (χ4n) is 7.09. The first-order valence-corrected chi connectivity index (χ1v) is 21.3. The van der Waals surface area contributed by atoms with Crippen LogP contribution in [-0.2, 0) is 39.4 Å². The SMILES string of the molecule is CC[C@H]1CN2Cc3ccc(Cl)cc3CCCCOc3ccc(cc32)C(=O)N=[S@](=O)(NC(=O)c2cn(C)nc2OC)C[C@@H](C)C/C=C/[C@H](OC(=O)OC(C)C)[C@@H]1C. The molecule has 0 saturated heterocycles. The molecule has 2 amide bonds. The summed E-state index contributed by atoms with van der Waals surface area (Å²) >= 11 is 6.49.